The Morgan fingerprint density at radius 3 is 1.38 bits per heavy atom. The molecule has 0 spiro atoms. The van der Waals surface area contributed by atoms with E-state index in [1.54, 1.807) is 6.08 Å². The summed E-state index contributed by atoms with van der Waals surface area (Å²) < 4.78 is 4.71. The van der Waals surface area contributed by atoms with Crippen LogP contribution in [-0.4, -0.2) is 19.1 Å². The minimum Gasteiger partial charge on any atom is -0.309 e. The molecule has 0 bridgehead atoms. The summed E-state index contributed by atoms with van der Waals surface area (Å²) in [6.45, 7) is 9.64. The van der Waals surface area contributed by atoms with Crippen LogP contribution in [-0.2, 0) is 0 Å². The van der Waals surface area contributed by atoms with E-state index in [1.807, 2.05) is 12.1 Å². The van der Waals surface area contributed by atoms with Crippen molar-refractivity contribution in [3.05, 3.63) is 273 Å². The van der Waals surface area contributed by atoms with Crippen molar-refractivity contribution in [1.29, 1.82) is 0 Å². The van der Waals surface area contributed by atoms with Crippen LogP contribution in [0.5, 0.6) is 0 Å². The van der Waals surface area contributed by atoms with E-state index in [2.05, 4.69) is 260 Å². The van der Waals surface area contributed by atoms with Crippen molar-refractivity contribution >= 4 is 60.1 Å². The Bertz CT molecular complexity index is 4130. The van der Waals surface area contributed by atoms with E-state index in [1.165, 1.54) is 60.3 Å². The van der Waals surface area contributed by atoms with E-state index in [0.717, 1.165) is 61.4 Å². The molecule has 4 heteroatoms. The molecule has 0 amide bonds. The second kappa shape index (κ2) is 18.3. The van der Waals surface area contributed by atoms with Gasteiger partial charge in [-0.1, -0.05) is 189 Å². The Kier molecular flexibility index (Phi) is 11.0. The summed E-state index contributed by atoms with van der Waals surface area (Å²) in [5.41, 5.74) is 19.0. The second-order valence-corrected chi connectivity index (χ2v) is 18.0. The van der Waals surface area contributed by atoms with Crippen LogP contribution < -0.4 is 0 Å². The summed E-state index contributed by atoms with van der Waals surface area (Å²) in [5.74, 6) is 0.706. The SMILES string of the molecule is C=CC(=C)c1ccccc1C.c1ccc(-c2nc(-c3ccc(-c4ccc5c(c4)c4ccccc4n5-c4ccccc4)cc3)nc3ccc(-c4ccc5c(c4)c4ccccc4n5-c4ccccc4)cc23)cc1. The zero-order chi connectivity index (χ0) is 47.8. The number of hydrogen-bond acceptors (Lipinski definition) is 2. The van der Waals surface area contributed by atoms with Crippen molar-refractivity contribution in [3.63, 3.8) is 0 Å². The monoisotopic (exact) mass is 908 g/mol. The molecule has 0 aliphatic carbocycles. The maximum atomic E-state index is 5.30. The van der Waals surface area contributed by atoms with E-state index >= 15 is 0 Å². The fourth-order valence-corrected chi connectivity index (χ4v) is 10.1. The molecule has 0 aliphatic rings. The lowest BCUT2D eigenvalue weighted by atomic mass is 9.98. The quantitative estimate of drug-likeness (QED) is 0.142. The molecule has 0 unspecified atom stereocenters. The zero-order valence-corrected chi connectivity index (χ0v) is 39.4. The number of hydrogen-bond donors (Lipinski definition) is 0. The van der Waals surface area contributed by atoms with Crippen LogP contribution in [0, 0.1) is 6.92 Å². The fourth-order valence-electron chi connectivity index (χ4n) is 10.1. The van der Waals surface area contributed by atoms with Crippen molar-refractivity contribution in [2.24, 2.45) is 0 Å². The summed E-state index contributed by atoms with van der Waals surface area (Å²) in [6.07, 6.45) is 1.78. The van der Waals surface area contributed by atoms with Crippen molar-refractivity contribution in [2.45, 2.75) is 6.92 Å². The molecule has 0 saturated carbocycles. The molecule has 3 heterocycles. The molecule has 0 N–H and O–H groups in total. The van der Waals surface area contributed by atoms with Crippen molar-refractivity contribution in [1.82, 2.24) is 19.1 Å². The minimum absolute atomic E-state index is 0.706. The molecule has 13 rings (SSSR count). The number of para-hydroxylation sites is 4. The highest BCUT2D eigenvalue weighted by atomic mass is 15.0. The largest absolute Gasteiger partial charge is 0.309 e. The van der Waals surface area contributed by atoms with Gasteiger partial charge in [-0.2, -0.15) is 0 Å². The number of benzene rings is 10. The van der Waals surface area contributed by atoms with Crippen LogP contribution in [0.2, 0.25) is 0 Å². The predicted octanol–water partition coefficient (Wildman–Crippen LogP) is 17.7. The number of aromatic nitrogens is 4. The topological polar surface area (TPSA) is 35.6 Å². The molecular weight excluding hydrogens is 861 g/mol. The van der Waals surface area contributed by atoms with Crippen LogP contribution in [0.4, 0.5) is 0 Å². The summed E-state index contributed by atoms with van der Waals surface area (Å²) in [6, 6.07) is 86.1. The fraction of sp³-hybridized carbons (Fsp3) is 0.0149. The summed E-state index contributed by atoms with van der Waals surface area (Å²) in [7, 11) is 0. The lowest BCUT2D eigenvalue weighted by Crippen LogP contribution is -1.96. The smallest absolute Gasteiger partial charge is 0.160 e. The number of rotatable bonds is 8. The first-order chi connectivity index (χ1) is 35.0. The number of aryl methyl sites for hydroxylation is 1. The van der Waals surface area contributed by atoms with Gasteiger partial charge in [0.15, 0.2) is 5.82 Å². The molecule has 0 aliphatic heterocycles. The van der Waals surface area contributed by atoms with Gasteiger partial charge in [-0.25, -0.2) is 9.97 Å². The Hall–Kier alpha value is -9.38. The van der Waals surface area contributed by atoms with Crippen LogP contribution >= 0.6 is 0 Å². The molecule has 3 aromatic heterocycles. The third-order valence-electron chi connectivity index (χ3n) is 13.7. The Morgan fingerprint density at radius 1 is 0.380 bits per heavy atom. The van der Waals surface area contributed by atoms with E-state index < -0.39 is 0 Å². The van der Waals surface area contributed by atoms with Gasteiger partial charge < -0.3 is 9.13 Å². The highest BCUT2D eigenvalue weighted by Gasteiger charge is 2.17. The summed E-state index contributed by atoms with van der Waals surface area (Å²) in [4.78, 5) is 10.5. The van der Waals surface area contributed by atoms with E-state index in [4.69, 9.17) is 9.97 Å². The van der Waals surface area contributed by atoms with Gasteiger partial charge in [0.2, 0.25) is 0 Å². The molecule has 0 atom stereocenters. The Balaban J connectivity index is 0.000000419. The highest BCUT2D eigenvalue weighted by Crippen LogP contribution is 2.39. The van der Waals surface area contributed by atoms with Crippen LogP contribution in [0.25, 0.3) is 116 Å². The zero-order valence-electron chi connectivity index (χ0n) is 39.4. The van der Waals surface area contributed by atoms with E-state index in [9.17, 15) is 0 Å². The first-order valence-electron chi connectivity index (χ1n) is 24.0. The molecule has 0 radical (unpaired) electrons. The maximum Gasteiger partial charge on any atom is 0.160 e. The summed E-state index contributed by atoms with van der Waals surface area (Å²) in [5, 5.41) is 5.96. The predicted molar refractivity (Wildman–Crippen MR) is 300 cm³/mol. The number of allylic oxidation sites excluding steroid dienone is 2. The van der Waals surface area contributed by atoms with Gasteiger partial charge in [-0.05, 0) is 119 Å². The molecule has 10 aromatic carbocycles. The molecule has 336 valence electrons. The second-order valence-electron chi connectivity index (χ2n) is 18.0. The van der Waals surface area contributed by atoms with Gasteiger partial charge >= 0.3 is 0 Å². The standard InChI is InChI=1S/C56H36N4.C11H12/c1-4-14-38(15-5-1)55-49-36-41(42-30-33-54-48(35-42)46-21-11-13-23-52(46)60(54)44-18-8-3-9-19-44)28-31-50(49)57-56(58-55)39-26-24-37(25-27-39)40-29-32-53-47(34-40)45-20-10-12-22-51(45)59(53)43-16-6-2-7-17-43;1-4-9(2)11-8-6-5-7-10(11)3/h1-36H;4-8H,1-2H2,3H3. The van der Waals surface area contributed by atoms with Gasteiger partial charge in [0.05, 0.1) is 33.3 Å². The van der Waals surface area contributed by atoms with Crippen LogP contribution in [0.15, 0.2) is 262 Å². The minimum atomic E-state index is 0.706. The van der Waals surface area contributed by atoms with Crippen molar-refractivity contribution < 1.29 is 0 Å². The van der Waals surface area contributed by atoms with Gasteiger partial charge in [0, 0.05) is 49.4 Å². The first-order valence-corrected chi connectivity index (χ1v) is 24.0. The molecular formula is C67H48N4. The molecule has 0 saturated heterocycles. The van der Waals surface area contributed by atoms with E-state index in [0.29, 0.717) is 5.82 Å². The van der Waals surface area contributed by atoms with Gasteiger partial charge in [-0.15, -0.1) is 0 Å². The normalized spacial score (nSPS) is 11.3. The lowest BCUT2D eigenvalue weighted by molar-refractivity contribution is 1.18. The summed E-state index contributed by atoms with van der Waals surface area (Å²) >= 11 is 0. The molecule has 0 fully saturated rings. The third kappa shape index (κ3) is 7.88. The van der Waals surface area contributed by atoms with E-state index in [-0.39, 0.29) is 0 Å². The van der Waals surface area contributed by atoms with Crippen molar-refractivity contribution in [2.75, 3.05) is 0 Å². The average Bonchev–Trinajstić information content (AvgIpc) is 3.96. The maximum absolute atomic E-state index is 5.30. The van der Waals surface area contributed by atoms with Crippen LogP contribution in [0.3, 0.4) is 0 Å². The molecule has 13 aromatic rings. The van der Waals surface area contributed by atoms with Crippen molar-refractivity contribution in [3.8, 4) is 56.3 Å². The molecule has 71 heavy (non-hydrogen) atoms. The van der Waals surface area contributed by atoms with Gasteiger partial charge in [0.25, 0.3) is 0 Å². The number of fused-ring (bicyclic) bond motifs is 7. The Labute approximate surface area is 413 Å². The van der Waals surface area contributed by atoms with Gasteiger partial charge in [-0.3, -0.25) is 0 Å². The van der Waals surface area contributed by atoms with Crippen LogP contribution in [0.1, 0.15) is 11.1 Å². The Morgan fingerprint density at radius 2 is 0.817 bits per heavy atom. The third-order valence-corrected chi connectivity index (χ3v) is 13.7. The first kappa shape index (κ1) is 42.9. The number of nitrogens with zero attached hydrogens (tertiary/aromatic N) is 4. The van der Waals surface area contributed by atoms with Gasteiger partial charge in [0.1, 0.15) is 0 Å². The molecule has 4 nitrogen and oxygen atoms in total. The average molecular weight is 909 g/mol. The highest BCUT2D eigenvalue weighted by molar-refractivity contribution is 6.12. The lowest BCUT2D eigenvalue weighted by Gasteiger charge is -2.12.